The fourth-order valence-electron chi connectivity index (χ4n) is 2.31. The molecular weight excluding hydrogens is 310 g/mol. The molecule has 0 spiro atoms. The predicted octanol–water partition coefficient (Wildman–Crippen LogP) is 5.06. The molecule has 0 aromatic heterocycles. The Labute approximate surface area is 142 Å². The maximum absolute atomic E-state index is 12.5. The summed E-state index contributed by atoms with van der Waals surface area (Å²) >= 11 is 5.95. The summed E-state index contributed by atoms with van der Waals surface area (Å²) in [5.74, 6) is 0.596. The molecular formula is C19H22ClNO2. The quantitative estimate of drug-likeness (QED) is 0.831. The van der Waals surface area contributed by atoms with Crippen LogP contribution in [0.25, 0.3) is 0 Å². The molecule has 0 aliphatic carbocycles. The van der Waals surface area contributed by atoms with Crippen LogP contribution in [0.4, 0.5) is 5.69 Å². The van der Waals surface area contributed by atoms with Gasteiger partial charge < -0.3 is 10.1 Å². The van der Waals surface area contributed by atoms with Crippen molar-refractivity contribution < 1.29 is 9.53 Å². The van der Waals surface area contributed by atoms with E-state index >= 15 is 0 Å². The van der Waals surface area contributed by atoms with Crippen LogP contribution in [0.1, 0.15) is 30.0 Å². The van der Waals surface area contributed by atoms with E-state index in [4.69, 9.17) is 16.3 Å². The van der Waals surface area contributed by atoms with Gasteiger partial charge >= 0.3 is 0 Å². The third-order valence-electron chi connectivity index (χ3n) is 3.93. The van der Waals surface area contributed by atoms with Crippen molar-refractivity contribution in [2.24, 2.45) is 0 Å². The predicted molar refractivity (Wildman–Crippen MR) is 95.4 cm³/mol. The molecule has 2 aromatic rings. The van der Waals surface area contributed by atoms with Gasteiger partial charge in [-0.1, -0.05) is 30.7 Å². The molecule has 1 amide bonds. The highest BCUT2D eigenvalue weighted by atomic mass is 35.5. The van der Waals surface area contributed by atoms with Gasteiger partial charge in [-0.3, -0.25) is 4.79 Å². The Morgan fingerprint density at radius 2 is 1.91 bits per heavy atom. The zero-order valence-electron chi connectivity index (χ0n) is 13.9. The van der Waals surface area contributed by atoms with E-state index < -0.39 is 6.10 Å². The van der Waals surface area contributed by atoms with E-state index in [-0.39, 0.29) is 5.91 Å². The summed E-state index contributed by atoms with van der Waals surface area (Å²) in [7, 11) is 0. The Bertz CT molecular complexity index is 713. The SMILES string of the molecule is CCC(Oc1cccc(C)c1C)C(=O)Nc1ccc(Cl)cc1C. The fraction of sp³-hybridized carbons (Fsp3) is 0.316. The Hall–Kier alpha value is -2.00. The van der Waals surface area contributed by atoms with Crippen LogP contribution >= 0.6 is 11.6 Å². The van der Waals surface area contributed by atoms with Gasteiger partial charge in [0.25, 0.3) is 5.91 Å². The van der Waals surface area contributed by atoms with Crippen molar-refractivity contribution in [3.8, 4) is 5.75 Å². The number of ether oxygens (including phenoxy) is 1. The topological polar surface area (TPSA) is 38.3 Å². The Morgan fingerprint density at radius 1 is 1.17 bits per heavy atom. The Morgan fingerprint density at radius 3 is 2.57 bits per heavy atom. The summed E-state index contributed by atoms with van der Waals surface area (Å²) in [6.45, 7) is 7.87. The van der Waals surface area contributed by atoms with E-state index in [1.54, 1.807) is 12.1 Å². The van der Waals surface area contributed by atoms with Gasteiger partial charge in [0.05, 0.1) is 0 Å². The second-order valence-electron chi connectivity index (χ2n) is 5.66. The van der Waals surface area contributed by atoms with Crippen LogP contribution < -0.4 is 10.1 Å². The third-order valence-corrected chi connectivity index (χ3v) is 4.17. The number of halogens is 1. The third kappa shape index (κ3) is 4.26. The molecule has 1 unspecified atom stereocenters. The summed E-state index contributed by atoms with van der Waals surface area (Å²) in [4.78, 5) is 12.5. The Kier molecular flexibility index (Phi) is 5.67. The second-order valence-corrected chi connectivity index (χ2v) is 6.10. The minimum Gasteiger partial charge on any atom is -0.480 e. The lowest BCUT2D eigenvalue weighted by atomic mass is 10.1. The molecule has 0 fully saturated rings. The number of anilines is 1. The molecule has 0 bridgehead atoms. The Balaban J connectivity index is 2.14. The zero-order chi connectivity index (χ0) is 17.0. The molecule has 4 heteroatoms. The smallest absolute Gasteiger partial charge is 0.265 e. The van der Waals surface area contributed by atoms with Gasteiger partial charge in [-0.2, -0.15) is 0 Å². The van der Waals surface area contributed by atoms with Gasteiger partial charge in [-0.05, 0) is 68.1 Å². The average molecular weight is 332 g/mol. The minimum absolute atomic E-state index is 0.154. The van der Waals surface area contributed by atoms with Gasteiger partial charge in [0, 0.05) is 10.7 Å². The lowest BCUT2D eigenvalue weighted by molar-refractivity contribution is -0.122. The fourth-order valence-corrected chi connectivity index (χ4v) is 2.53. The summed E-state index contributed by atoms with van der Waals surface area (Å²) in [5, 5.41) is 3.57. The molecule has 2 aromatic carbocycles. The van der Waals surface area contributed by atoms with Gasteiger partial charge in [-0.25, -0.2) is 0 Å². The molecule has 0 aliphatic rings. The van der Waals surface area contributed by atoms with Gasteiger partial charge in [0.2, 0.25) is 0 Å². The number of benzene rings is 2. The summed E-state index contributed by atoms with van der Waals surface area (Å²) in [6, 6.07) is 11.2. The average Bonchev–Trinajstić information content (AvgIpc) is 2.51. The summed E-state index contributed by atoms with van der Waals surface area (Å²) in [6.07, 6.45) is 0.0526. The van der Waals surface area contributed by atoms with E-state index in [0.29, 0.717) is 11.4 Å². The first-order valence-corrected chi connectivity index (χ1v) is 8.10. The van der Waals surface area contributed by atoms with Gasteiger partial charge in [0.1, 0.15) is 5.75 Å². The molecule has 2 rings (SSSR count). The monoisotopic (exact) mass is 331 g/mol. The van der Waals surface area contributed by atoms with Crippen LogP contribution in [0.15, 0.2) is 36.4 Å². The highest BCUT2D eigenvalue weighted by Crippen LogP contribution is 2.24. The van der Waals surface area contributed by atoms with Crippen molar-refractivity contribution in [2.45, 2.75) is 40.2 Å². The number of nitrogens with one attached hydrogen (secondary N) is 1. The largest absolute Gasteiger partial charge is 0.480 e. The van der Waals surface area contributed by atoms with E-state index in [9.17, 15) is 4.79 Å². The van der Waals surface area contributed by atoms with E-state index in [1.807, 2.05) is 52.0 Å². The van der Waals surface area contributed by atoms with E-state index in [2.05, 4.69) is 5.32 Å². The standard InChI is InChI=1S/C19H22ClNO2/c1-5-17(23-18-8-6-7-12(2)14(18)4)19(22)21-16-10-9-15(20)11-13(16)3/h6-11,17H,5H2,1-4H3,(H,21,22). The van der Waals surface area contributed by atoms with Crippen molar-refractivity contribution in [2.75, 3.05) is 5.32 Å². The molecule has 23 heavy (non-hydrogen) atoms. The number of hydrogen-bond acceptors (Lipinski definition) is 2. The highest BCUT2D eigenvalue weighted by molar-refractivity contribution is 6.30. The normalized spacial score (nSPS) is 11.9. The van der Waals surface area contributed by atoms with Crippen LogP contribution in [-0.4, -0.2) is 12.0 Å². The van der Waals surface area contributed by atoms with Crippen LogP contribution in [0.2, 0.25) is 5.02 Å². The summed E-state index contributed by atoms with van der Waals surface area (Å²) < 4.78 is 5.93. The van der Waals surface area contributed by atoms with Gasteiger partial charge in [-0.15, -0.1) is 0 Å². The van der Waals surface area contributed by atoms with Crippen LogP contribution in [0.5, 0.6) is 5.75 Å². The molecule has 0 heterocycles. The lowest BCUT2D eigenvalue weighted by Crippen LogP contribution is -2.32. The molecule has 1 N–H and O–H groups in total. The van der Waals surface area contributed by atoms with Crippen molar-refractivity contribution in [3.05, 3.63) is 58.1 Å². The van der Waals surface area contributed by atoms with E-state index in [1.165, 1.54) is 0 Å². The number of amides is 1. The van der Waals surface area contributed by atoms with Crippen molar-refractivity contribution >= 4 is 23.2 Å². The number of carbonyl (C=O) groups excluding carboxylic acids is 1. The molecule has 1 atom stereocenters. The van der Waals surface area contributed by atoms with Crippen molar-refractivity contribution in [1.82, 2.24) is 0 Å². The highest BCUT2D eigenvalue weighted by Gasteiger charge is 2.20. The first-order valence-electron chi connectivity index (χ1n) is 7.72. The number of rotatable bonds is 5. The number of aryl methyl sites for hydroxylation is 2. The van der Waals surface area contributed by atoms with Crippen LogP contribution in [-0.2, 0) is 4.79 Å². The maximum atomic E-state index is 12.5. The minimum atomic E-state index is -0.537. The zero-order valence-corrected chi connectivity index (χ0v) is 14.7. The van der Waals surface area contributed by atoms with E-state index in [0.717, 1.165) is 28.1 Å². The molecule has 0 saturated carbocycles. The molecule has 122 valence electrons. The lowest BCUT2D eigenvalue weighted by Gasteiger charge is -2.20. The second kappa shape index (κ2) is 7.51. The van der Waals surface area contributed by atoms with Crippen LogP contribution in [0.3, 0.4) is 0 Å². The van der Waals surface area contributed by atoms with Crippen LogP contribution in [0, 0.1) is 20.8 Å². The summed E-state index contributed by atoms with van der Waals surface area (Å²) in [5.41, 5.74) is 3.88. The van der Waals surface area contributed by atoms with Crippen molar-refractivity contribution in [3.63, 3.8) is 0 Å². The number of carbonyl (C=O) groups is 1. The van der Waals surface area contributed by atoms with Gasteiger partial charge in [0.15, 0.2) is 6.10 Å². The molecule has 0 saturated heterocycles. The first kappa shape index (κ1) is 17.4. The van der Waals surface area contributed by atoms with Crippen molar-refractivity contribution in [1.29, 1.82) is 0 Å². The number of hydrogen-bond donors (Lipinski definition) is 1. The molecule has 0 radical (unpaired) electrons. The molecule has 3 nitrogen and oxygen atoms in total. The maximum Gasteiger partial charge on any atom is 0.265 e. The first-order chi connectivity index (χ1) is 10.9. The molecule has 0 aliphatic heterocycles.